The predicted molar refractivity (Wildman–Crippen MR) is 64.6 cm³/mol. The maximum Gasteiger partial charge on any atom is 0.115 e. The van der Waals surface area contributed by atoms with Crippen molar-refractivity contribution >= 4 is 0 Å². The molecule has 0 saturated carbocycles. The number of aliphatic hydroxyl groups is 1. The Morgan fingerprint density at radius 2 is 2.31 bits per heavy atom. The molecule has 0 radical (unpaired) electrons. The lowest BCUT2D eigenvalue weighted by molar-refractivity contribution is 0.0466. The molecule has 1 fully saturated rings. The molecule has 0 aliphatic carbocycles. The average Bonchev–Trinajstić information content (AvgIpc) is 2.34. The number of hydrogen-bond donors (Lipinski definition) is 1. The van der Waals surface area contributed by atoms with E-state index in [1.807, 2.05) is 13.0 Å². The largest absolute Gasteiger partial charge is 0.380 e. The van der Waals surface area contributed by atoms with Crippen LogP contribution < -0.4 is 0 Å². The van der Waals surface area contributed by atoms with Crippen molar-refractivity contribution in [1.82, 2.24) is 0 Å². The summed E-state index contributed by atoms with van der Waals surface area (Å²) in [5.74, 6) is 10.8. The standard InChI is InChI=1S/C14H18O2/c1-2-13(15)9-5-3-4-6-10-14-11-7-8-12-16-14/h6,10,13-15H,2,7-8,11-12H2,1H3. The summed E-state index contributed by atoms with van der Waals surface area (Å²) in [5, 5.41) is 9.14. The molecule has 2 atom stereocenters. The van der Waals surface area contributed by atoms with Crippen molar-refractivity contribution in [3.8, 4) is 23.7 Å². The Kier molecular flexibility index (Phi) is 6.42. The van der Waals surface area contributed by atoms with E-state index in [0.29, 0.717) is 6.42 Å². The van der Waals surface area contributed by atoms with E-state index in [0.717, 1.165) is 19.4 Å². The number of rotatable bonds is 2. The molecule has 1 aliphatic heterocycles. The second kappa shape index (κ2) is 7.99. The average molecular weight is 218 g/mol. The van der Waals surface area contributed by atoms with Gasteiger partial charge in [-0.05, 0) is 49.7 Å². The number of ether oxygens (including phenoxy) is 1. The molecule has 86 valence electrons. The van der Waals surface area contributed by atoms with Crippen LogP contribution in [0, 0.1) is 23.7 Å². The van der Waals surface area contributed by atoms with E-state index in [2.05, 4.69) is 23.7 Å². The zero-order valence-electron chi connectivity index (χ0n) is 9.70. The van der Waals surface area contributed by atoms with Crippen LogP contribution in [0.1, 0.15) is 32.6 Å². The van der Waals surface area contributed by atoms with E-state index in [1.165, 1.54) is 6.42 Å². The fraction of sp³-hybridized carbons (Fsp3) is 0.571. The van der Waals surface area contributed by atoms with Crippen LogP contribution in [0.4, 0.5) is 0 Å². The highest BCUT2D eigenvalue weighted by Gasteiger charge is 2.08. The molecule has 0 spiro atoms. The Morgan fingerprint density at radius 3 is 3.00 bits per heavy atom. The van der Waals surface area contributed by atoms with Gasteiger partial charge in [-0.15, -0.1) is 0 Å². The summed E-state index contributed by atoms with van der Waals surface area (Å²) in [6.07, 6.45) is 7.53. The maximum absolute atomic E-state index is 9.14. The van der Waals surface area contributed by atoms with Gasteiger partial charge in [0.25, 0.3) is 0 Å². The van der Waals surface area contributed by atoms with Gasteiger partial charge in [-0.1, -0.05) is 18.8 Å². The van der Waals surface area contributed by atoms with Gasteiger partial charge in [-0.2, -0.15) is 0 Å². The fourth-order valence-electron chi connectivity index (χ4n) is 1.37. The highest BCUT2D eigenvalue weighted by Crippen LogP contribution is 2.12. The second-order valence-corrected chi connectivity index (χ2v) is 3.73. The smallest absolute Gasteiger partial charge is 0.115 e. The highest BCUT2D eigenvalue weighted by molar-refractivity contribution is 5.31. The van der Waals surface area contributed by atoms with Gasteiger partial charge in [0, 0.05) is 6.61 Å². The Labute approximate surface area is 97.7 Å². The molecular formula is C14H18O2. The van der Waals surface area contributed by atoms with Crippen molar-refractivity contribution in [2.75, 3.05) is 6.61 Å². The molecule has 1 rings (SSSR count). The van der Waals surface area contributed by atoms with Crippen molar-refractivity contribution in [2.24, 2.45) is 0 Å². The van der Waals surface area contributed by atoms with Gasteiger partial charge in [-0.3, -0.25) is 0 Å². The summed E-state index contributed by atoms with van der Waals surface area (Å²) in [5.41, 5.74) is 0. The lowest BCUT2D eigenvalue weighted by Gasteiger charge is -2.18. The molecule has 0 aromatic carbocycles. The molecule has 0 bridgehead atoms. The lowest BCUT2D eigenvalue weighted by Crippen LogP contribution is -2.15. The topological polar surface area (TPSA) is 29.5 Å². The minimum atomic E-state index is -0.556. The van der Waals surface area contributed by atoms with Gasteiger partial charge in [0.15, 0.2) is 0 Å². The summed E-state index contributed by atoms with van der Waals surface area (Å²) < 4.78 is 5.51. The van der Waals surface area contributed by atoms with E-state index < -0.39 is 6.10 Å². The Hall–Kier alpha value is -1.22. The van der Waals surface area contributed by atoms with Crippen molar-refractivity contribution in [1.29, 1.82) is 0 Å². The molecule has 0 aromatic heterocycles. The Morgan fingerprint density at radius 1 is 1.44 bits per heavy atom. The van der Waals surface area contributed by atoms with Gasteiger partial charge < -0.3 is 9.84 Å². The molecule has 1 heterocycles. The van der Waals surface area contributed by atoms with Crippen molar-refractivity contribution < 1.29 is 9.84 Å². The van der Waals surface area contributed by atoms with Gasteiger partial charge in [0.2, 0.25) is 0 Å². The van der Waals surface area contributed by atoms with E-state index in [-0.39, 0.29) is 6.10 Å². The third-order valence-corrected chi connectivity index (χ3v) is 2.37. The van der Waals surface area contributed by atoms with E-state index in [9.17, 15) is 0 Å². The van der Waals surface area contributed by atoms with Crippen LogP contribution in [0.3, 0.4) is 0 Å². The summed E-state index contributed by atoms with van der Waals surface area (Å²) >= 11 is 0. The van der Waals surface area contributed by atoms with Crippen molar-refractivity contribution in [3.05, 3.63) is 12.2 Å². The zero-order valence-corrected chi connectivity index (χ0v) is 9.70. The van der Waals surface area contributed by atoms with Crippen LogP contribution in [0.25, 0.3) is 0 Å². The van der Waals surface area contributed by atoms with E-state index >= 15 is 0 Å². The van der Waals surface area contributed by atoms with E-state index in [1.54, 1.807) is 6.08 Å². The molecule has 1 aliphatic rings. The highest BCUT2D eigenvalue weighted by atomic mass is 16.5. The molecular weight excluding hydrogens is 200 g/mol. The molecule has 2 heteroatoms. The first-order valence-corrected chi connectivity index (χ1v) is 5.80. The molecule has 16 heavy (non-hydrogen) atoms. The third-order valence-electron chi connectivity index (χ3n) is 2.37. The third kappa shape index (κ3) is 5.61. The van der Waals surface area contributed by atoms with Gasteiger partial charge in [0.1, 0.15) is 6.10 Å². The monoisotopic (exact) mass is 218 g/mol. The Bertz CT molecular complexity index is 329. The van der Waals surface area contributed by atoms with Crippen LogP contribution >= 0.6 is 0 Å². The first-order chi connectivity index (χ1) is 7.83. The minimum absolute atomic E-state index is 0.220. The summed E-state index contributed by atoms with van der Waals surface area (Å²) in [6.45, 7) is 2.73. The summed E-state index contributed by atoms with van der Waals surface area (Å²) in [4.78, 5) is 0. The SMILES string of the molecule is CCC(O)C#CC#CC=CC1CCCCO1. The molecule has 0 aromatic rings. The lowest BCUT2D eigenvalue weighted by atomic mass is 10.1. The number of hydrogen-bond acceptors (Lipinski definition) is 2. The summed E-state index contributed by atoms with van der Waals surface area (Å²) in [6, 6.07) is 0. The molecule has 1 N–H and O–H groups in total. The normalized spacial score (nSPS) is 21.8. The van der Waals surface area contributed by atoms with Crippen LogP contribution in [-0.4, -0.2) is 23.9 Å². The molecule has 0 amide bonds. The van der Waals surface area contributed by atoms with Gasteiger partial charge >= 0.3 is 0 Å². The van der Waals surface area contributed by atoms with Crippen molar-refractivity contribution in [2.45, 2.75) is 44.8 Å². The summed E-state index contributed by atoms with van der Waals surface area (Å²) in [7, 11) is 0. The quantitative estimate of drug-likeness (QED) is 0.717. The Balaban J connectivity index is 2.29. The number of aliphatic hydroxyl groups excluding tert-OH is 1. The predicted octanol–water partition coefficient (Wildman–Crippen LogP) is 1.89. The van der Waals surface area contributed by atoms with Crippen molar-refractivity contribution in [3.63, 3.8) is 0 Å². The van der Waals surface area contributed by atoms with Crippen LogP contribution in [0.2, 0.25) is 0 Å². The fourth-order valence-corrected chi connectivity index (χ4v) is 1.37. The number of allylic oxidation sites excluding steroid dienone is 1. The molecule has 1 saturated heterocycles. The van der Waals surface area contributed by atoms with E-state index in [4.69, 9.17) is 9.84 Å². The van der Waals surface area contributed by atoms with Crippen LogP contribution in [0.5, 0.6) is 0 Å². The first kappa shape index (κ1) is 12.8. The minimum Gasteiger partial charge on any atom is -0.380 e. The van der Waals surface area contributed by atoms with Gasteiger partial charge in [-0.25, -0.2) is 0 Å². The second-order valence-electron chi connectivity index (χ2n) is 3.73. The first-order valence-electron chi connectivity index (χ1n) is 5.80. The maximum atomic E-state index is 9.14. The van der Waals surface area contributed by atoms with Gasteiger partial charge in [0.05, 0.1) is 6.10 Å². The molecule has 2 nitrogen and oxygen atoms in total. The van der Waals surface area contributed by atoms with Crippen LogP contribution in [0.15, 0.2) is 12.2 Å². The van der Waals surface area contributed by atoms with Crippen LogP contribution in [-0.2, 0) is 4.74 Å². The molecule has 2 unspecified atom stereocenters. The zero-order chi connectivity index (χ0) is 11.6.